The van der Waals surface area contributed by atoms with Crippen molar-refractivity contribution in [2.75, 3.05) is 11.9 Å². The molecule has 2 aromatic carbocycles. The van der Waals surface area contributed by atoms with Crippen molar-refractivity contribution >= 4 is 27.5 Å². The van der Waals surface area contributed by atoms with Crippen molar-refractivity contribution in [1.29, 1.82) is 0 Å². The molecule has 0 spiro atoms. The van der Waals surface area contributed by atoms with E-state index in [0.717, 1.165) is 16.1 Å². The van der Waals surface area contributed by atoms with Gasteiger partial charge in [0.15, 0.2) is 6.61 Å². The van der Waals surface area contributed by atoms with E-state index in [-0.39, 0.29) is 5.75 Å². The van der Waals surface area contributed by atoms with Crippen molar-refractivity contribution in [1.82, 2.24) is 0 Å². The van der Waals surface area contributed by atoms with E-state index in [1.165, 1.54) is 18.2 Å². The summed E-state index contributed by atoms with van der Waals surface area (Å²) in [5.41, 5.74) is 0.487. The van der Waals surface area contributed by atoms with Gasteiger partial charge in [-0.05, 0) is 36.8 Å². The molecule has 0 aliphatic carbocycles. The Bertz CT molecular complexity index is 717. The van der Waals surface area contributed by atoms with Crippen LogP contribution in [0.25, 0.3) is 0 Å². The van der Waals surface area contributed by atoms with Gasteiger partial charge in [-0.25, -0.2) is 0 Å². The van der Waals surface area contributed by atoms with Crippen LogP contribution in [0.2, 0.25) is 0 Å². The molecule has 23 heavy (non-hydrogen) atoms. The van der Waals surface area contributed by atoms with Crippen LogP contribution in [0.4, 0.5) is 18.9 Å². The molecular weight excluding hydrogens is 375 g/mol. The standard InChI is InChI=1S/C16H13BrF3NO2/c1-10-6-7-11(17)8-13(10)21-15(22)9-23-14-5-3-2-4-12(14)16(18,19)20/h2-8H,9H2,1H3,(H,21,22). The predicted molar refractivity (Wildman–Crippen MR) is 84.4 cm³/mol. The van der Waals surface area contributed by atoms with E-state index in [0.29, 0.717) is 5.69 Å². The Morgan fingerprint density at radius 2 is 1.91 bits per heavy atom. The fraction of sp³-hybridized carbons (Fsp3) is 0.188. The highest BCUT2D eigenvalue weighted by Gasteiger charge is 2.34. The molecule has 0 aromatic heterocycles. The molecule has 0 aliphatic rings. The first-order chi connectivity index (χ1) is 10.8. The lowest BCUT2D eigenvalue weighted by Gasteiger charge is -2.14. The van der Waals surface area contributed by atoms with Crippen LogP contribution in [-0.4, -0.2) is 12.5 Å². The SMILES string of the molecule is Cc1ccc(Br)cc1NC(=O)COc1ccccc1C(F)(F)F. The number of aryl methyl sites for hydroxylation is 1. The van der Waals surface area contributed by atoms with Crippen molar-refractivity contribution in [2.45, 2.75) is 13.1 Å². The first-order valence-corrected chi connectivity index (χ1v) is 7.41. The zero-order chi connectivity index (χ0) is 17.0. The number of carbonyl (C=O) groups excluding carboxylic acids is 1. The second kappa shape index (κ2) is 7.04. The third-order valence-electron chi connectivity index (χ3n) is 3.02. The van der Waals surface area contributed by atoms with Crippen LogP contribution in [-0.2, 0) is 11.0 Å². The summed E-state index contributed by atoms with van der Waals surface area (Å²) in [6.45, 7) is 1.29. The van der Waals surface area contributed by atoms with Crippen LogP contribution in [0.1, 0.15) is 11.1 Å². The number of rotatable bonds is 4. The summed E-state index contributed by atoms with van der Waals surface area (Å²) < 4.78 is 44.3. The maximum absolute atomic E-state index is 12.8. The molecule has 0 bridgehead atoms. The Morgan fingerprint density at radius 3 is 2.61 bits per heavy atom. The normalized spacial score (nSPS) is 11.2. The van der Waals surface area contributed by atoms with E-state index >= 15 is 0 Å². The minimum absolute atomic E-state index is 0.374. The lowest BCUT2D eigenvalue weighted by molar-refractivity contribution is -0.139. The van der Waals surface area contributed by atoms with Crippen molar-refractivity contribution in [3.05, 3.63) is 58.1 Å². The zero-order valence-corrected chi connectivity index (χ0v) is 13.7. The lowest BCUT2D eigenvalue weighted by atomic mass is 10.2. The molecule has 0 aliphatic heterocycles. The van der Waals surface area contributed by atoms with Gasteiger partial charge in [-0.1, -0.05) is 34.1 Å². The first-order valence-electron chi connectivity index (χ1n) is 6.62. The quantitative estimate of drug-likeness (QED) is 0.818. The first kappa shape index (κ1) is 17.3. The molecule has 0 unspecified atom stereocenters. The van der Waals surface area contributed by atoms with Crippen LogP contribution in [0, 0.1) is 6.92 Å². The third kappa shape index (κ3) is 4.72. The fourth-order valence-corrected chi connectivity index (χ4v) is 2.25. The van der Waals surface area contributed by atoms with Crippen LogP contribution in [0.3, 0.4) is 0 Å². The highest BCUT2D eigenvalue weighted by Crippen LogP contribution is 2.35. The summed E-state index contributed by atoms with van der Waals surface area (Å²) in [5.74, 6) is -0.913. The third-order valence-corrected chi connectivity index (χ3v) is 3.52. The minimum atomic E-state index is -4.53. The van der Waals surface area contributed by atoms with Gasteiger partial charge in [0.05, 0.1) is 5.56 Å². The maximum Gasteiger partial charge on any atom is 0.419 e. The number of hydrogen-bond acceptors (Lipinski definition) is 2. The molecule has 0 heterocycles. The van der Waals surface area contributed by atoms with Crippen LogP contribution < -0.4 is 10.1 Å². The van der Waals surface area contributed by atoms with E-state index < -0.39 is 24.3 Å². The number of hydrogen-bond donors (Lipinski definition) is 1. The van der Waals surface area contributed by atoms with Crippen molar-refractivity contribution in [2.24, 2.45) is 0 Å². The van der Waals surface area contributed by atoms with Gasteiger partial charge < -0.3 is 10.1 Å². The van der Waals surface area contributed by atoms with E-state index in [1.54, 1.807) is 12.1 Å². The summed E-state index contributed by atoms with van der Waals surface area (Å²) in [6.07, 6.45) is -4.53. The number of para-hydroxylation sites is 1. The predicted octanol–water partition coefficient (Wildman–Crippen LogP) is 4.79. The van der Waals surface area contributed by atoms with E-state index in [1.807, 2.05) is 13.0 Å². The molecule has 122 valence electrons. The zero-order valence-electron chi connectivity index (χ0n) is 12.1. The molecule has 0 fully saturated rings. The van der Waals surface area contributed by atoms with Gasteiger partial charge in [0.2, 0.25) is 0 Å². The number of anilines is 1. The molecular formula is C16H13BrF3NO2. The number of alkyl halides is 3. The Morgan fingerprint density at radius 1 is 1.22 bits per heavy atom. The summed E-state index contributed by atoms with van der Waals surface area (Å²) in [7, 11) is 0. The number of amides is 1. The highest BCUT2D eigenvalue weighted by atomic mass is 79.9. The Balaban J connectivity index is 2.04. The molecule has 1 N–H and O–H groups in total. The second-order valence-electron chi connectivity index (χ2n) is 4.79. The van der Waals surface area contributed by atoms with Crippen molar-refractivity contribution < 1.29 is 22.7 Å². The molecule has 2 rings (SSSR count). The average Bonchev–Trinajstić information content (AvgIpc) is 2.48. The number of nitrogens with one attached hydrogen (secondary N) is 1. The van der Waals surface area contributed by atoms with Crippen LogP contribution in [0.15, 0.2) is 46.9 Å². The number of carbonyl (C=O) groups is 1. The largest absolute Gasteiger partial charge is 0.483 e. The Labute approximate surface area is 139 Å². The summed E-state index contributed by atoms with van der Waals surface area (Å²) >= 11 is 3.29. The van der Waals surface area contributed by atoms with Gasteiger partial charge in [-0.2, -0.15) is 13.2 Å². The highest BCUT2D eigenvalue weighted by molar-refractivity contribution is 9.10. The van der Waals surface area contributed by atoms with E-state index in [2.05, 4.69) is 21.2 Å². The monoisotopic (exact) mass is 387 g/mol. The topological polar surface area (TPSA) is 38.3 Å². The molecule has 0 saturated carbocycles. The van der Waals surface area contributed by atoms with Gasteiger partial charge >= 0.3 is 6.18 Å². The van der Waals surface area contributed by atoms with E-state index in [4.69, 9.17) is 4.74 Å². The van der Waals surface area contributed by atoms with Gasteiger partial charge in [0.25, 0.3) is 5.91 Å². The number of ether oxygens (including phenoxy) is 1. The van der Waals surface area contributed by atoms with Gasteiger partial charge in [0.1, 0.15) is 5.75 Å². The van der Waals surface area contributed by atoms with Crippen LogP contribution in [0.5, 0.6) is 5.75 Å². The molecule has 7 heteroatoms. The van der Waals surface area contributed by atoms with Crippen molar-refractivity contribution in [3.63, 3.8) is 0 Å². The van der Waals surface area contributed by atoms with Gasteiger partial charge in [-0.3, -0.25) is 4.79 Å². The fourth-order valence-electron chi connectivity index (χ4n) is 1.89. The minimum Gasteiger partial charge on any atom is -0.483 e. The van der Waals surface area contributed by atoms with Crippen LogP contribution >= 0.6 is 15.9 Å². The molecule has 0 atom stereocenters. The molecule has 0 saturated heterocycles. The average molecular weight is 388 g/mol. The summed E-state index contributed by atoms with van der Waals surface area (Å²) in [5, 5.41) is 2.60. The Kier molecular flexibility index (Phi) is 5.30. The molecule has 0 radical (unpaired) electrons. The number of halogens is 4. The van der Waals surface area contributed by atoms with Gasteiger partial charge in [0, 0.05) is 10.2 Å². The smallest absolute Gasteiger partial charge is 0.419 e. The maximum atomic E-state index is 12.8. The molecule has 1 amide bonds. The molecule has 3 nitrogen and oxygen atoms in total. The number of benzene rings is 2. The summed E-state index contributed by atoms with van der Waals surface area (Å²) in [4.78, 5) is 11.9. The lowest BCUT2D eigenvalue weighted by Crippen LogP contribution is -2.21. The van der Waals surface area contributed by atoms with Crippen molar-refractivity contribution in [3.8, 4) is 5.75 Å². The second-order valence-corrected chi connectivity index (χ2v) is 5.71. The Hall–Kier alpha value is -2.02. The molecule has 2 aromatic rings. The van der Waals surface area contributed by atoms with Gasteiger partial charge in [-0.15, -0.1) is 0 Å². The summed E-state index contributed by atoms with van der Waals surface area (Å²) in [6, 6.07) is 10.1. The van der Waals surface area contributed by atoms with E-state index in [9.17, 15) is 18.0 Å².